The molecule has 74 valence electrons. The van der Waals surface area contributed by atoms with Gasteiger partial charge in [-0.25, -0.2) is 0 Å². The summed E-state index contributed by atoms with van der Waals surface area (Å²) < 4.78 is 0.933. The summed E-state index contributed by atoms with van der Waals surface area (Å²) in [5, 5.41) is 0. The first-order valence-electron chi connectivity index (χ1n) is 4.47. The molecule has 0 amide bonds. The summed E-state index contributed by atoms with van der Waals surface area (Å²) in [5.41, 5.74) is 1.11. The molecule has 0 heterocycles. The molecule has 1 aromatic carbocycles. The molecule has 0 N–H and O–H groups in total. The first-order valence-corrected chi connectivity index (χ1v) is 5.69. The summed E-state index contributed by atoms with van der Waals surface area (Å²) in [6, 6.07) is 10.1. The molecule has 14 heavy (non-hydrogen) atoms. The number of hydrogen-bond donors (Lipinski definition) is 0. The van der Waals surface area contributed by atoms with E-state index in [1.807, 2.05) is 36.4 Å². The summed E-state index contributed by atoms with van der Waals surface area (Å²) in [6.45, 7) is 8.02. The number of benzene rings is 1. The predicted molar refractivity (Wildman–Crippen MR) is 70.0 cm³/mol. The molecule has 0 atom stereocenters. The predicted octanol–water partition coefficient (Wildman–Crippen LogP) is 4.06. The molecule has 0 aliphatic rings. The Bertz CT molecular complexity index is 325. The van der Waals surface area contributed by atoms with Gasteiger partial charge in [0.05, 0.1) is 4.20 Å². The molecule has 0 aliphatic carbocycles. The molecule has 0 nitrogen and oxygen atoms in total. The summed E-state index contributed by atoms with van der Waals surface area (Å²) in [7, 11) is 0. The highest BCUT2D eigenvalue weighted by Crippen LogP contribution is 2.29. The highest BCUT2D eigenvalue weighted by molar-refractivity contribution is 8.24. The maximum Gasteiger partial charge on any atom is 0.0786 e. The van der Waals surface area contributed by atoms with Gasteiger partial charge < -0.3 is 0 Å². The maximum absolute atomic E-state index is 5.35. The van der Waals surface area contributed by atoms with Crippen LogP contribution >= 0.6 is 24.0 Å². The van der Waals surface area contributed by atoms with Crippen molar-refractivity contribution in [2.45, 2.75) is 18.6 Å². The second-order valence-corrected chi connectivity index (χ2v) is 5.89. The van der Waals surface area contributed by atoms with Crippen LogP contribution in [0.25, 0.3) is 0 Å². The Labute approximate surface area is 95.4 Å². The molecule has 0 saturated carbocycles. The standard InChI is InChI=1S/C12H14S2/c1-4-12(2,3)14-11(13)10-8-6-5-7-9-10/h4-9H,1H2,2-3H3. The van der Waals surface area contributed by atoms with Crippen LogP contribution in [0.3, 0.4) is 0 Å². The van der Waals surface area contributed by atoms with Crippen molar-refractivity contribution in [3.63, 3.8) is 0 Å². The summed E-state index contributed by atoms with van der Waals surface area (Å²) in [4.78, 5) is 0. The minimum Gasteiger partial charge on any atom is -0.104 e. The van der Waals surface area contributed by atoms with Crippen LogP contribution in [0.1, 0.15) is 19.4 Å². The van der Waals surface area contributed by atoms with Crippen molar-refractivity contribution in [2.75, 3.05) is 0 Å². The lowest BCUT2D eigenvalue weighted by molar-refractivity contribution is 0.908. The molecule has 0 unspecified atom stereocenters. The normalized spacial score (nSPS) is 11.0. The van der Waals surface area contributed by atoms with Crippen molar-refractivity contribution < 1.29 is 0 Å². The third-order valence-corrected chi connectivity index (χ3v) is 3.46. The number of hydrogen-bond acceptors (Lipinski definition) is 2. The Hall–Kier alpha value is -0.600. The van der Waals surface area contributed by atoms with E-state index < -0.39 is 0 Å². The van der Waals surface area contributed by atoms with E-state index in [1.165, 1.54) is 0 Å². The third kappa shape index (κ3) is 3.28. The lowest BCUT2D eigenvalue weighted by Gasteiger charge is -2.19. The van der Waals surface area contributed by atoms with Gasteiger partial charge in [-0.05, 0) is 19.4 Å². The van der Waals surface area contributed by atoms with Crippen LogP contribution in [-0.2, 0) is 0 Å². The Morgan fingerprint density at radius 1 is 1.36 bits per heavy atom. The maximum atomic E-state index is 5.35. The van der Waals surface area contributed by atoms with Crippen molar-refractivity contribution in [3.05, 3.63) is 48.6 Å². The second-order valence-electron chi connectivity index (χ2n) is 3.56. The van der Waals surface area contributed by atoms with Gasteiger partial charge in [-0.1, -0.05) is 48.6 Å². The first-order chi connectivity index (χ1) is 6.55. The van der Waals surface area contributed by atoms with E-state index in [0.29, 0.717) is 0 Å². The zero-order valence-electron chi connectivity index (χ0n) is 8.49. The summed E-state index contributed by atoms with van der Waals surface area (Å²) >= 11 is 7.02. The fraction of sp³-hybridized carbons (Fsp3) is 0.250. The first kappa shape index (κ1) is 11.5. The van der Waals surface area contributed by atoms with Crippen LogP contribution in [0.5, 0.6) is 0 Å². The summed E-state index contributed by atoms with van der Waals surface area (Å²) in [5.74, 6) is 0. The number of thiocarbonyl (C=S) groups is 1. The van der Waals surface area contributed by atoms with Gasteiger partial charge in [0.2, 0.25) is 0 Å². The molecule has 0 fully saturated rings. The smallest absolute Gasteiger partial charge is 0.0786 e. The lowest BCUT2D eigenvalue weighted by Crippen LogP contribution is -2.13. The van der Waals surface area contributed by atoms with E-state index in [9.17, 15) is 0 Å². The Balaban J connectivity index is 2.74. The Kier molecular flexibility index (Phi) is 3.90. The van der Waals surface area contributed by atoms with E-state index in [-0.39, 0.29) is 4.75 Å². The van der Waals surface area contributed by atoms with Crippen LogP contribution in [0.15, 0.2) is 43.0 Å². The van der Waals surface area contributed by atoms with E-state index in [4.69, 9.17) is 12.2 Å². The average molecular weight is 222 g/mol. The fourth-order valence-corrected chi connectivity index (χ4v) is 2.51. The van der Waals surface area contributed by atoms with Crippen molar-refractivity contribution in [3.8, 4) is 0 Å². The SMILES string of the molecule is C=CC(C)(C)SC(=S)c1ccccc1. The van der Waals surface area contributed by atoms with Crippen LogP contribution < -0.4 is 0 Å². The largest absolute Gasteiger partial charge is 0.104 e. The Morgan fingerprint density at radius 2 is 1.93 bits per heavy atom. The van der Waals surface area contributed by atoms with Gasteiger partial charge in [0.15, 0.2) is 0 Å². The lowest BCUT2D eigenvalue weighted by atomic mass is 10.2. The van der Waals surface area contributed by atoms with E-state index in [0.717, 1.165) is 9.76 Å². The quantitative estimate of drug-likeness (QED) is 0.559. The van der Waals surface area contributed by atoms with Crippen molar-refractivity contribution in [1.82, 2.24) is 0 Å². The monoisotopic (exact) mass is 222 g/mol. The van der Waals surface area contributed by atoms with Gasteiger partial charge >= 0.3 is 0 Å². The van der Waals surface area contributed by atoms with Crippen molar-refractivity contribution in [1.29, 1.82) is 0 Å². The van der Waals surface area contributed by atoms with Crippen molar-refractivity contribution >= 4 is 28.2 Å². The molecule has 0 bridgehead atoms. The molecular weight excluding hydrogens is 208 g/mol. The highest BCUT2D eigenvalue weighted by Gasteiger charge is 2.16. The fourth-order valence-electron chi connectivity index (χ4n) is 0.914. The molecule has 0 radical (unpaired) electrons. The molecular formula is C12H14S2. The van der Waals surface area contributed by atoms with Crippen LogP contribution in [0, 0.1) is 0 Å². The van der Waals surface area contributed by atoms with E-state index in [1.54, 1.807) is 11.8 Å². The van der Waals surface area contributed by atoms with Gasteiger partial charge in [0.25, 0.3) is 0 Å². The second kappa shape index (κ2) is 4.76. The molecule has 0 aliphatic heterocycles. The highest BCUT2D eigenvalue weighted by atomic mass is 32.2. The zero-order valence-corrected chi connectivity index (χ0v) is 10.1. The van der Waals surface area contributed by atoms with Gasteiger partial charge in [0.1, 0.15) is 0 Å². The number of rotatable bonds is 3. The topological polar surface area (TPSA) is 0 Å². The zero-order chi connectivity index (χ0) is 10.6. The number of thioether (sulfide) groups is 1. The average Bonchev–Trinajstić information content (AvgIpc) is 2.19. The van der Waals surface area contributed by atoms with Crippen LogP contribution in [0.4, 0.5) is 0 Å². The third-order valence-electron chi connectivity index (χ3n) is 1.86. The minimum absolute atomic E-state index is 0.00687. The molecule has 1 aromatic rings. The Morgan fingerprint density at radius 3 is 2.43 bits per heavy atom. The molecule has 0 aromatic heterocycles. The van der Waals surface area contributed by atoms with Gasteiger partial charge in [-0.15, -0.1) is 18.3 Å². The van der Waals surface area contributed by atoms with Crippen LogP contribution in [-0.4, -0.2) is 8.94 Å². The van der Waals surface area contributed by atoms with Gasteiger partial charge in [0, 0.05) is 4.75 Å². The van der Waals surface area contributed by atoms with Gasteiger partial charge in [-0.3, -0.25) is 0 Å². The van der Waals surface area contributed by atoms with E-state index in [2.05, 4.69) is 20.4 Å². The van der Waals surface area contributed by atoms with Crippen molar-refractivity contribution in [2.24, 2.45) is 0 Å². The summed E-state index contributed by atoms with van der Waals surface area (Å²) in [6.07, 6.45) is 1.92. The molecule has 0 spiro atoms. The minimum atomic E-state index is 0.00687. The molecule has 2 heteroatoms. The van der Waals surface area contributed by atoms with Crippen LogP contribution in [0.2, 0.25) is 0 Å². The van der Waals surface area contributed by atoms with E-state index >= 15 is 0 Å². The van der Waals surface area contributed by atoms with Gasteiger partial charge in [-0.2, -0.15) is 0 Å². The molecule has 1 rings (SSSR count). The molecule has 0 saturated heterocycles.